The summed E-state index contributed by atoms with van der Waals surface area (Å²) >= 11 is 0. The number of nitrogens with one attached hydrogen (secondary N) is 1. The van der Waals surface area contributed by atoms with Crippen molar-refractivity contribution in [3.05, 3.63) is 41.6 Å². The van der Waals surface area contributed by atoms with Gasteiger partial charge in [0.2, 0.25) is 5.91 Å². The summed E-state index contributed by atoms with van der Waals surface area (Å²) in [4.78, 5) is 39.2. The quantitative estimate of drug-likeness (QED) is 0.205. The number of imidazole rings is 1. The average Bonchev–Trinajstić information content (AvgIpc) is 3.51. The number of carbonyl (C=O) groups excluding carboxylic acids is 2. The number of fused-ring (bicyclic) bond motifs is 2. The van der Waals surface area contributed by atoms with Crippen molar-refractivity contribution < 1.29 is 24.2 Å². The number of pyridine rings is 2. The summed E-state index contributed by atoms with van der Waals surface area (Å²) in [6.45, 7) is 2.17. The van der Waals surface area contributed by atoms with Crippen LogP contribution in [0.3, 0.4) is 0 Å². The van der Waals surface area contributed by atoms with Crippen LogP contribution in [0.4, 0.5) is 5.82 Å². The Morgan fingerprint density at radius 3 is 2.47 bits per heavy atom. The van der Waals surface area contributed by atoms with Crippen LogP contribution in [0, 0.1) is 6.92 Å². The summed E-state index contributed by atoms with van der Waals surface area (Å²) in [5.74, 6) is 0.617. The molecule has 0 aromatic carbocycles. The van der Waals surface area contributed by atoms with Gasteiger partial charge in [-0.2, -0.15) is 0 Å². The topological polar surface area (TPSA) is 122 Å². The molecular formula is C28H35N5O5. The van der Waals surface area contributed by atoms with Gasteiger partial charge in [-0.15, -0.1) is 0 Å². The van der Waals surface area contributed by atoms with Gasteiger partial charge in [-0.05, 0) is 44.0 Å². The number of amides is 1. The predicted octanol–water partition coefficient (Wildman–Crippen LogP) is 4.67. The number of aryl methyl sites for hydroxylation is 1. The summed E-state index contributed by atoms with van der Waals surface area (Å²) in [5.41, 5.74) is 3.87. The number of aliphatic hydroxyl groups excluding tert-OH is 1. The van der Waals surface area contributed by atoms with Crippen LogP contribution < -0.4 is 9.64 Å². The van der Waals surface area contributed by atoms with E-state index in [4.69, 9.17) is 24.5 Å². The number of anilines is 1. The van der Waals surface area contributed by atoms with Crippen LogP contribution >= 0.6 is 0 Å². The first kappa shape index (κ1) is 27.1. The fourth-order valence-electron chi connectivity index (χ4n) is 4.62. The average molecular weight is 522 g/mol. The highest BCUT2D eigenvalue weighted by molar-refractivity contribution is 5.94. The molecule has 0 atom stereocenters. The lowest BCUT2D eigenvalue weighted by atomic mass is 10.1. The minimum Gasteiger partial charge on any atom is -0.482 e. The van der Waals surface area contributed by atoms with E-state index in [2.05, 4.69) is 4.98 Å². The van der Waals surface area contributed by atoms with E-state index in [-0.39, 0.29) is 12.5 Å². The minimum absolute atomic E-state index is 0.0312. The van der Waals surface area contributed by atoms with Crippen molar-refractivity contribution in [3.63, 3.8) is 0 Å². The number of nitrogens with zero attached hydrogens (tertiary/aromatic N) is 4. The number of aromatic nitrogens is 4. The van der Waals surface area contributed by atoms with Crippen LogP contribution in [0.25, 0.3) is 28.1 Å². The van der Waals surface area contributed by atoms with Crippen molar-refractivity contribution in [2.75, 3.05) is 32.8 Å². The maximum absolute atomic E-state index is 12.7. The normalized spacial score (nSPS) is 11.3. The molecule has 4 heterocycles. The molecule has 2 N–H and O–H groups in total. The largest absolute Gasteiger partial charge is 0.482 e. The number of ether oxygens (including phenoxy) is 2. The van der Waals surface area contributed by atoms with Crippen LogP contribution in [0.5, 0.6) is 5.88 Å². The third-order valence-electron chi connectivity index (χ3n) is 6.78. The van der Waals surface area contributed by atoms with E-state index in [1.165, 1.54) is 7.11 Å². The third kappa shape index (κ3) is 5.65. The number of aromatic amines is 1. The predicted molar refractivity (Wildman–Crippen MR) is 146 cm³/mol. The van der Waals surface area contributed by atoms with Crippen molar-refractivity contribution in [1.29, 1.82) is 0 Å². The Morgan fingerprint density at radius 2 is 1.76 bits per heavy atom. The standard InChI is InChI=1S/C28H35N5O5/c1-18-26(30-23-16-20(28(36)38-4)17-25(37-3)33(18)23)21-15-19-12-13-22(31-27(19)29-21)32(2)24(35)11-9-7-5-6-8-10-14-34/h12-13,15-17,34H,5-11,14H2,1-4H3,(H,29,31). The lowest BCUT2D eigenvalue weighted by Gasteiger charge is -2.16. The summed E-state index contributed by atoms with van der Waals surface area (Å²) in [7, 11) is 4.63. The molecule has 0 fully saturated rings. The molecule has 0 spiro atoms. The number of aliphatic hydroxyl groups is 1. The number of esters is 1. The van der Waals surface area contributed by atoms with E-state index >= 15 is 0 Å². The Labute approximate surface area is 221 Å². The van der Waals surface area contributed by atoms with E-state index in [1.807, 2.05) is 29.5 Å². The number of hydrogen-bond acceptors (Lipinski definition) is 7. The van der Waals surface area contributed by atoms with E-state index in [9.17, 15) is 9.59 Å². The van der Waals surface area contributed by atoms with Gasteiger partial charge < -0.3 is 19.6 Å². The van der Waals surface area contributed by atoms with E-state index in [0.717, 1.165) is 55.3 Å². The second-order valence-electron chi connectivity index (χ2n) is 9.36. The van der Waals surface area contributed by atoms with Crippen molar-refractivity contribution in [2.45, 2.75) is 51.9 Å². The van der Waals surface area contributed by atoms with Crippen LogP contribution in [0.2, 0.25) is 0 Å². The fourth-order valence-corrected chi connectivity index (χ4v) is 4.62. The van der Waals surface area contributed by atoms with Gasteiger partial charge >= 0.3 is 5.97 Å². The summed E-state index contributed by atoms with van der Waals surface area (Å²) < 4.78 is 12.2. The van der Waals surface area contributed by atoms with Crippen LogP contribution in [0.1, 0.15) is 61.0 Å². The third-order valence-corrected chi connectivity index (χ3v) is 6.78. The van der Waals surface area contributed by atoms with Gasteiger partial charge in [-0.1, -0.05) is 25.7 Å². The summed E-state index contributed by atoms with van der Waals surface area (Å²) in [6.07, 6.45) is 6.35. The Balaban J connectivity index is 1.53. The molecule has 0 saturated heterocycles. The van der Waals surface area contributed by atoms with Gasteiger partial charge in [0, 0.05) is 31.5 Å². The first-order valence-electron chi connectivity index (χ1n) is 12.9. The SMILES string of the molecule is COC(=O)c1cc(OC)n2c(C)c(-c3cc4ccc(N(C)C(=O)CCCCCCCCO)nc4[nH]3)nc2c1. The molecule has 0 aliphatic rings. The molecule has 0 saturated carbocycles. The molecule has 10 nitrogen and oxygen atoms in total. The molecule has 0 aliphatic carbocycles. The molecule has 0 bridgehead atoms. The molecule has 38 heavy (non-hydrogen) atoms. The van der Waals surface area contributed by atoms with Gasteiger partial charge in [0.25, 0.3) is 0 Å². The molecule has 4 aromatic heterocycles. The minimum atomic E-state index is -0.466. The first-order chi connectivity index (χ1) is 18.4. The van der Waals surface area contributed by atoms with E-state index < -0.39 is 5.97 Å². The van der Waals surface area contributed by atoms with Gasteiger partial charge in [0.05, 0.1) is 31.2 Å². The number of methoxy groups -OCH3 is 2. The maximum Gasteiger partial charge on any atom is 0.338 e. The van der Waals surface area contributed by atoms with Gasteiger partial charge in [-0.25, -0.2) is 14.8 Å². The van der Waals surface area contributed by atoms with Gasteiger partial charge in [0.1, 0.15) is 22.8 Å². The first-order valence-corrected chi connectivity index (χ1v) is 12.9. The summed E-state index contributed by atoms with van der Waals surface area (Å²) in [5, 5.41) is 9.75. The molecule has 202 valence electrons. The second-order valence-corrected chi connectivity index (χ2v) is 9.36. The Morgan fingerprint density at radius 1 is 1.03 bits per heavy atom. The zero-order valence-corrected chi connectivity index (χ0v) is 22.4. The molecule has 4 rings (SSSR count). The van der Waals surface area contributed by atoms with Crippen molar-refractivity contribution in [1.82, 2.24) is 19.4 Å². The summed E-state index contributed by atoms with van der Waals surface area (Å²) in [6, 6.07) is 9.03. The second kappa shape index (κ2) is 12.1. The smallest absolute Gasteiger partial charge is 0.338 e. The van der Waals surface area contributed by atoms with Gasteiger partial charge in [0.15, 0.2) is 5.88 Å². The molecular weight excluding hydrogens is 486 g/mol. The van der Waals surface area contributed by atoms with Crippen LogP contribution in [0.15, 0.2) is 30.3 Å². The van der Waals surface area contributed by atoms with Crippen LogP contribution in [-0.2, 0) is 9.53 Å². The maximum atomic E-state index is 12.7. The monoisotopic (exact) mass is 521 g/mol. The molecule has 10 heteroatoms. The van der Waals surface area contributed by atoms with Crippen molar-refractivity contribution >= 4 is 34.4 Å². The highest BCUT2D eigenvalue weighted by Gasteiger charge is 2.20. The number of carbonyl (C=O) groups is 2. The highest BCUT2D eigenvalue weighted by Crippen LogP contribution is 2.30. The number of H-pyrrole nitrogens is 1. The molecule has 4 aromatic rings. The number of unbranched alkanes of at least 4 members (excludes halogenated alkanes) is 5. The lowest BCUT2D eigenvalue weighted by molar-refractivity contribution is -0.118. The Bertz CT molecular complexity index is 1440. The highest BCUT2D eigenvalue weighted by atomic mass is 16.5. The Kier molecular flexibility index (Phi) is 8.62. The Hall–Kier alpha value is -3.92. The number of rotatable bonds is 12. The zero-order chi connectivity index (χ0) is 27.2. The van der Waals surface area contributed by atoms with Crippen LogP contribution in [-0.4, -0.2) is 64.2 Å². The zero-order valence-electron chi connectivity index (χ0n) is 22.4. The lowest BCUT2D eigenvalue weighted by Crippen LogP contribution is -2.26. The van der Waals surface area contributed by atoms with E-state index in [0.29, 0.717) is 40.7 Å². The molecule has 0 radical (unpaired) electrons. The molecule has 0 unspecified atom stereocenters. The van der Waals surface area contributed by atoms with Crippen molar-refractivity contribution in [2.24, 2.45) is 0 Å². The molecule has 0 aliphatic heterocycles. The molecule has 1 amide bonds. The van der Waals surface area contributed by atoms with E-state index in [1.54, 1.807) is 31.2 Å². The number of hydrogen-bond donors (Lipinski definition) is 2. The van der Waals surface area contributed by atoms with Gasteiger partial charge in [-0.3, -0.25) is 14.1 Å². The fraction of sp³-hybridized carbons (Fsp3) is 0.429. The van der Waals surface area contributed by atoms with Crippen molar-refractivity contribution in [3.8, 4) is 17.3 Å².